The van der Waals surface area contributed by atoms with Crippen molar-refractivity contribution in [1.29, 1.82) is 0 Å². The summed E-state index contributed by atoms with van der Waals surface area (Å²) in [5.74, 6) is -0.349. The van der Waals surface area contributed by atoms with Crippen LogP contribution < -0.4 is 10.6 Å². The minimum atomic E-state index is -0.349. The van der Waals surface area contributed by atoms with Crippen molar-refractivity contribution in [1.82, 2.24) is 15.1 Å². The highest BCUT2D eigenvalue weighted by Gasteiger charge is 2.16. The second-order valence-corrected chi connectivity index (χ2v) is 6.51. The van der Waals surface area contributed by atoms with Crippen molar-refractivity contribution in [3.05, 3.63) is 46.8 Å². The molecule has 134 valence electrons. The van der Waals surface area contributed by atoms with Gasteiger partial charge in [0.05, 0.1) is 36.3 Å². The molecule has 6 nitrogen and oxygen atoms in total. The smallest absolute Gasteiger partial charge is 0.338 e. The summed E-state index contributed by atoms with van der Waals surface area (Å²) in [6.45, 7) is 8.43. The fourth-order valence-electron chi connectivity index (χ4n) is 2.57. The van der Waals surface area contributed by atoms with Gasteiger partial charge in [-0.15, -0.1) is 0 Å². The molecule has 0 saturated carbocycles. The fraction of sp³-hybridized carbons (Fsp3) is 0.389. The average Bonchev–Trinajstić information content (AvgIpc) is 2.81. The van der Waals surface area contributed by atoms with Gasteiger partial charge in [-0.2, -0.15) is 5.10 Å². The first-order valence-electron chi connectivity index (χ1n) is 8.11. The predicted octanol–water partition coefficient (Wildman–Crippen LogP) is 3.03. The number of thiocarbonyl (C=S) groups is 1. The third-order valence-electron chi connectivity index (χ3n) is 3.78. The number of carbonyl (C=O) groups is 1. The summed E-state index contributed by atoms with van der Waals surface area (Å²) < 4.78 is 6.72. The van der Waals surface area contributed by atoms with Gasteiger partial charge in [-0.05, 0) is 51.5 Å². The lowest BCUT2D eigenvalue weighted by molar-refractivity contribution is 0.0599. The first-order chi connectivity index (χ1) is 11.8. The van der Waals surface area contributed by atoms with Crippen LogP contribution in [-0.2, 0) is 11.3 Å². The molecule has 0 saturated heterocycles. The minimum absolute atomic E-state index is 0.252. The Morgan fingerprint density at radius 2 is 2.00 bits per heavy atom. The summed E-state index contributed by atoms with van der Waals surface area (Å²) in [5.41, 5.74) is 4.08. The van der Waals surface area contributed by atoms with Crippen LogP contribution in [0.15, 0.2) is 24.3 Å². The van der Waals surface area contributed by atoms with E-state index >= 15 is 0 Å². The molecule has 2 aromatic rings. The van der Waals surface area contributed by atoms with Crippen molar-refractivity contribution in [3.8, 4) is 0 Å². The van der Waals surface area contributed by atoms with Gasteiger partial charge < -0.3 is 15.4 Å². The number of nitrogens with one attached hydrogen (secondary N) is 2. The standard InChI is InChI=1S/C18H24N4O2S/c1-11(2)19-18(25)20-16-12(3)21-22(13(16)4)10-14-8-6-7-9-15(14)17(23)24-5/h6-9,11H,10H2,1-5H3,(H2,19,20,25). The van der Waals surface area contributed by atoms with Gasteiger partial charge in [0, 0.05) is 6.04 Å². The van der Waals surface area contributed by atoms with Crippen molar-refractivity contribution in [2.75, 3.05) is 12.4 Å². The molecule has 0 amide bonds. The molecule has 0 fully saturated rings. The summed E-state index contributed by atoms with van der Waals surface area (Å²) >= 11 is 5.32. The van der Waals surface area contributed by atoms with Crippen molar-refractivity contribution in [2.45, 2.75) is 40.3 Å². The number of hydrogen-bond acceptors (Lipinski definition) is 4. The van der Waals surface area contributed by atoms with E-state index in [0.717, 1.165) is 22.6 Å². The van der Waals surface area contributed by atoms with Crippen LogP contribution in [0.3, 0.4) is 0 Å². The summed E-state index contributed by atoms with van der Waals surface area (Å²) in [6, 6.07) is 7.63. The van der Waals surface area contributed by atoms with E-state index in [4.69, 9.17) is 17.0 Å². The number of methoxy groups -OCH3 is 1. The van der Waals surface area contributed by atoms with Crippen LogP contribution in [0.25, 0.3) is 0 Å². The number of esters is 1. The number of carbonyl (C=O) groups excluding carboxylic acids is 1. The third kappa shape index (κ3) is 4.57. The zero-order valence-corrected chi connectivity index (χ0v) is 16.0. The van der Waals surface area contributed by atoms with E-state index in [0.29, 0.717) is 17.2 Å². The lowest BCUT2D eigenvalue weighted by atomic mass is 10.1. The molecule has 0 aliphatic heterocycles. The summed E-state index contributed by atoms with van der Waals surface area (Å²) in [7, 11) is 1.38. The molecule has 0 aliphatic carbocycles. The van der Waals surface area contributed by atoms with E-state index in [9.17, 15) is 4.79 Å². The molecule has 0 unspecified atom stereocenters. The van der Waals surface area contributed by atoms with E-state index in [1.54, 1.807) is 6.07 Å². The molecule has 2 rings (SSSR count). The Balaban J connectivity index is 2.27. The monoisotopic (exact) mass is 360 g/mol. The topological polar surface area (TPSA) is 68.2 Å². The van der Waals surface area contributed by atoms with Crippen LogP contribution in [0.2, 0.25) is 0 Å². The molecular formula is C18H24N4O2S. The molecule has 0 aliphatic rings. The van der Waals surface area contributed by atoms with Gasteiger partial charge >= 0.3 is 5.97 Å². The lowest BCUT2D eigenvalue weighted by Crippen LogP contribution is -2.34. The Hall–Kier alpha value is -2.41. The van der Waals surface area contributed by atoms with Gasteiger partial charge in [-0.3, -0.25) is 4.68 Å². The Morgan fingerprint density at radius 3 is 2.64 bits per heavy atom. The first kappa shape index (κ1) is 18.9. The highest BCUT2D eigenvalue weighted by molar-refractivity contribution is 7.80. The quantitative estimate of drug-likeness (QED) is 0.631. The number of aryl methyl sites for hydroxylation is 1. The third-order valence-corrected chi connectivity index (χ3v) is 4.00. The van der Waals surface area contributed by atoms with Crippen LogP contribution in [0, 0.1) is 13.8 Å². The summed E-state index contributed by atoms with van der Waals surface area (Å²) in [5, 5.41) is 11.5. The van der Waals surface area contributed by atoms with Crippen LogP contribution in [0.1, 0.15) is 41.2 Å². The van der Waals surface area contributed by atoms with Crippen molar-refractivity contribution in [3.63, 3.8) is 0 Å². The number of hydrogen-bond donors (Lipinski definition) is 2. The average molecular weight is 360 g/mol. The van der Waals surface area contributed by atoms with Gasteiger partial charge in [0.15, 0.2) is 5.11 Å². The maximum atomic E-state index is 11.9. The van der Waals surface area contributed by atoms with Gasteiger partial charge in [0.1, 0.15) is 0 Å². The predicted molar refractivity (Wildman–Crippen MR) is 103 cm³/mol. The second-order valence-electron chi connectivity index (χ2n) is 6.11. The second kappa shape index (κ2) is 8.11. The number of aromatic nitrogens is 2. The van der Waals surface area contributed by atoms with E-state index in [1.807, 2.05) is 50.6 Å². The SMILES string of the molecule is COC(=O)c1ccccc1Cn1nc(C)c(NC(=S)NC(C)C)c1C. The highest BCUT2D eigenvalue weighted by Crippen LogP contribution is 2.21. The van der Waals surface area contributed by atoms with Crippen molar-refractivity contribution < 1.29 is 9.53 Å². The molecule has 0 radical (unpaired) electrons. The normalized spacial score (nSPS) is 10.6. The van der Waals surface area contributed by atoms with Crippen LogP contribution >= 0.6 is 12.2 Å². The van der Waals surface area contributed by atoms with Crippen LogP contribution in [-0.4, -0.2) is 34.0 Å². The van der Waals surface area contributed by atoms with Crippen LogP contribution in [0.5, 0.6) is 0 Å². The zero-order valence-electron chi connectivity index (χ0n) is 15.2. The Morgan fingerprint density at radius 1 is 1.32 bits per heavy atom. The first-order valence-corrected chi connectivity index (χ1v) is 8.52. The Labute approximate surface area is 153 Å². The zero-order chi connectivity index (χ0) is 18.6. The fourth-order valence-corrected chi connectivity index (χ4v) is 2.91. The Bertz CT molecular complexity index is 783. The van der Waals surface area contributed by atoms with Gasteiger partial charge in [0.25, 0.3) is 0 Å². The molecule has 7 heteroatoms. The largest absolute Gasteiger partial charge is 0.465 e. The summed E-state index contributed by atoms with van der Waals surface area (Å²) in [4.78, 5) is 11.9. The molecule has 2 N–H and O–H groups in total. The molecule has 0 spiro atoms. The molecule has 0 bridgehead atoms. The molecule has 1 aromatic carbocycles. The number of nitrogens with zero attached hydrogens (tertiary/aromatic N) is 2. The minimum Gasteiger partial charge on any atom is -0.465 e. The molecule has 25 heavy (non-hydrogen) atoms. The molecular weight excluding hydrogens is 336 g/mol. The van der Waals surface area contributed by atoms with Gasteiger partial charge in [-0.25, -0.2) is 4.79 Å². The summed E-state index contributed by atoms with van der Waals surface area (Å²) in [6.07, 6.45) is 0. The number of anilines is 1. The molecule has 1 heterocycles. The van der Waals surface area contributed by atoms with Gasteiger partial charge in [-0.1, -0.05) is 18.2 Å². The van der Waals surface area contributed by atoms with E-state index in [2.05, 4.69) is 15.7 Å². The number of rotatable bonds is 5. The van der Waals surface area contributed by atoms with Crippen molar-refractivity contribution in [2.24, 2.45) is 0 Å². The highest BCUT2D eigenvalue weighted by atomic mass is 32.1. The van der Waals surface area contributed by atoms with Crippen molar-refractivity contribution >= 4 is 29.0 Å². The molecule has 1 aromatic heterocycles. The van der Waals surface area contributed by atoms with E-state index in [1.165, 1.54) is 7.11 Å². The maximum Gasteiger partial charge on any atom is 0.338 e. The van der Waals surface area contributed by atoms with E-state index in [-0.39, 0.29) is 12.0 Å². The molecule has 0 atom stereocenters. The maximum absolute atomic E-state index is 11.9. The lowest BCUT2D eigenvalue weighted by Gasteiger charge is -2.13. The number of benzene rings is 1. The van der Waals surface area contributed by atoms with Crippen LogP contribution in [0.4, 0.5) is 5.69 Å². The van der Waals surface area contributed by atoms with E-state index < -0.39 is 0 Å². The van der Waals surface area contributed by atoms with Gasteiger partial charge in [0.2, 0.25) is 0 Å². The Kier molecular flexibility index (Phi) is 6.14. The number of ether oxygens (including phenoxy) is 1.